The third kappa shape index (κ3) is 9.34. The number of aliphatic carboxylic acids is 1. The Hall–Kier alpha value is -4.31. The summed E-state index contributed by atoms with van der Waals surface area (Å²) in [7, 11) is 1.50. The fourth-order valence-corrected chi connectivity index (χ4v) is 4.97. The molecule has 0 saturated heterocycles. The molecule has 0 saturated carbocycles. The number of hydrogen-bond donors (Lipinski definition) is 5. The van der Waals surface area contributed by atoms with Gasteiger partial charge in [0.1, 0.15) is 5.82 Å². The molecular weight excluding hydrogens is 549 g/mol. The molecule has 3 rings (SSSR count). The van der Waals surface area contributed by atoms with E-state index in [-0.39, 0.29) is 31.2 Å². The van der Waals surface area contributed by atoms with E-state index in [1.165, 1.54) is 25.3 Å². The van der Waals surface area contributed by atoms with Crippen molar-refractivity contribution in [1.82, 2.24) is 9.88 Å². The van der Waals surface area contributed by atoms with Gasteiger partial charge in [0.15, 0.2) is 0 Å². The van der Waals surface area contributed by atoms with Gasteiger partial charge in [-0.15, -0.1) is 0 Å². The maximum Gasteiger partial charge on any atom is 0.305 e. The van der Waals surface area contributed by atoms with Gasteiger partial charge in [0.25, 0.3) is 5.91 Å². The van der Waals surface area contributed by atoms with E-state index >= 15 is 0 Å². The standard InChI is InChI=1S/C33H37FN2O5.CH5N/c1-5-10-25(6-2)35-33(41)30-29(22-11-8-7-9-12-22)32(23-13-15-24(34)16-14-23)36(31(30)21(3)4)18-17-26(37)19-27(38)20-28(39)40;1-2/h5-16,21,26-27,37-38H,1-2,17-20H2,3-4H3,(H,35,41)(H,39,40);2H2,1H3/b25-10+;/t26-,27-;/m1./s1. The van der Waals surface area contributed by atoms with Gasteiger partial charge < -0.3 is 30.9 Å². The number of amides is 1. The minimum Gasteiger partial charge on any atom is -0.481 e. The lowest BCUT2D eigenvalue weighted by atomic mass is 9.94. The first-order valence-corrected chi connectivity index (χ1v) is 14.1. The van der Waals surface area contributed by atoms with Crippen molar-refractivity contribution in [3.05, 3.63) is 109 Å². The summed E-state index contributed by atoms with van der Waals surface area (Å²) in [6.07, 6.45) is 2.13. The molecule has 1 heterocycles. The molecule has 2 aromatic carbocycles. The summed E-state index contributed by atoms with van der Waals surface area (Å²) >= 11 is 0. The Morgan fingerprint density at radius 1 is 1.00 bits per heavy atom. The Labute approximate surface area is 252 Å². The largest absolute Gasteiger partial charge is 0.481 e. The number of aromatic nitrogens is 1. The number of carbonyl (C=O) groups is 2. The number of carboxylic acids is 1. The lowest BCUT2D eigenvalue weighted by Crippen LogP contribution is -2.24. The van der Waals surface area contributed by atoms with E-state index in [9.17, 15) is 24.2 Å². The average molecular weight is 592 g/mol. The molecule has 0 radical (unpaired) electrons. The molecule has 1 aromatic heterocycles. The maximum absolute atomic E-state index is 14.0. The van der Waals surface area contributed by atoms with Crippen LogP contribution in [0.15, 0.2) is 91.7 Å². The number of halogens is 1. The van der Waals surface area contributed by atoms with Crippen LogP contribution in [-0.4, -0.2) is 51.0 Å². The minimum absolute atomic E-state index is 0.107. The summed E-state index contributed by atoms with van der Waals surface area (Å²) in [4.78, 5) is 25.0. The number of rotatable bonds is 14. The number of benzene rings is 2. The second-order valence-electron chi connectivity index (χ2n) is 10.1. The Kier molecular flexibility index (Phi) is 13.8. The molecule has 43 heavy (non-hydrogen) atoms. The Morgan fingerprint density at radius 2 is 1.63 bits per heavy atom. The minimum atomic E-state index is -1.19. The molecule has 0 unspecified atom stereocenters. The van der Waals surface area contributed by atoms with Crippen molar-refractivity contribution >= 4 is 11.9 Å². The van der Waals surface area contributed by atoms with Gasteiger partial charge in [0.2, 0.25) is 0 Å². The average Bonchev–Trinajstić information content (AvgIpc) is 3.32. The van der Waals surface area contributed by atoms with E-state index in [1.807, 2.05) is 48.7 Å². The Morgan fingerprint density at radius 3 is 2.16 bits per heavy atom. The highest BCUT2D eigenvalue weighted by atomic mass is 19.1. The molecule has 6 N–H and O–H groups in total. The van der Waals surface area contributed by atoms with E-state index in [1.54, 1.807) is 24.3 Å². The summed E-state index contributed by atoms with van der Waals surface area (Å²) in [5.74, 6) is -2.05. The Bertz CT molecular complexity index is 1410. The number of nitrogens with one attached hydrogen (secondary N) is 1. The first kappa shape index (κ1) is 34.9. The van der Waals surface area contributed by atoms with E-state index < -0.39 is 30.4 Å². The lowest BCUT2D eigenvalue weighted by Gasteiger charge is -2.20. The number of aliphatic hydroxyl groups is 2. The third-order valence-corrected chi connectivity index (χ3v) is 6.67. The second kappa shape index (κ2) is 17.0. The van der Waals surface area contributed by atoms with Crippen molar-refractivity contribution < 1.29 is 29.3 Å². The first-order valence-electron chi connectivity index (χ1n) is 14.1. The van der Waals surface area contributed by atoms with Crippen LogP contribution in [0.2, 0.25) is 0 Å². The molecule has 0 aliphatic heterocycles. The number of nitrogens with zero attached hydrogens (tertiary/aromatic N) is 1. The molecule has 3 aromatic rings. The molecule has 1 amide bonds. The highest BCUT2D eigenvalue weighted by molar-refractivity contribution is 6.07. The zero-order valence-corrected chi connectivity index (χ0v) is 25.0. The highest BCUT2D eigenvalue weighted by Crippen LogP contribution is 2.42. The fourth-order valence-electron chi connectivity index (χ4n) is 4.97. The fraction of sp³-hybridized carbons (Fsp3) is 0.294. The number of carbonyl (C=O) groups excluding carboxylic acids is 1. The number of allylic oxidation sites excluding steroid dienone is 3. The number of carboxylic acid groups (broad SMARTS) is 1. The van der Waals surface area contributed by atoms with Gasteiger partial charge in [-0.05, 0) is 73.4 Å². The number of hydrogen-bond acceptors (Lipinski definition) is 5. The van der Waals surface area contributed by atoms with Gasteiger partial charge >= 0.3 is 5.97 Å². The summed E-state index contributed by atoms with van der Waals surface area (Å²) in [6, 6.07) is 15.4. The highest BCUT2D eigenvalue weighted by Gasteiger charge is 2.31. The van der Waals surface area contributed by atoms with Gasteiger partial charge in [0.05, 0.1) is 29.9 Å². The van der Waals surface area contributed by atoms with E-state index in [4.69, 9.17) is 5.11 Å². The van der Waals surface area contributed by atoms with Crippen molar-refractivity contribution in [3.8, 4) is 22.4 Å². The maximum atomic E-state index is 14.0. The van der Waals surface area contributed by atoms with Crippen molar-refractivity contribution in [2.45, 2.75) is 57.8 Å². The molecule has 0 aliphatic rings. The quantitative estimate of drug-likeness (QED) is 0.154. The molecule has 0 bridgehead atoms. The molecule has 2 atom stereocenters. The van der Waals surface area contributed by atoms with Gasteiger partial charge in [-0.3, -0.25) is 9.59 Å². The number of aliphatic hydroxyl groups excluding tert-OH is 2. The normalized spacial score (nSPS) is 12.6. The Balaban J connectivity index is 0.00000316. The smallest absolute Gasteiger partial charge is 0.305 e. The lowest BCUT2D eigenvalue weighted by molar-refractivity contribution is -0.139. The van der Waals surface area contributed by atoms with Crippen LogP contribution in [0.5, 0.6) is 0 Å². The van der Waals surface area contributed by atoms with E-state index in [0.29, 0.717) is 33.8 Å². The predicted octanol–water partition coefficient (Wildman–Crippen LogP) is 5.62. The van der Waals surface area contributed by atoms with Crippen molar-refractivity contribution in [1.29, 1.82) is 0 Å². The van der Waals surface area contributed by atoms with Crippen LogP contribution in [0.25, 0.3) is 22.4 Å². The van der Waals surface area contributed by atoms with Gasteiger partial charge in [0, 0.05) is 23.5 Å². The van der Waals surface area contributed by atoms with Gasteiger partial charge in [-0.1, -0.05) is 63.4 Å². The summed E-state index contributed by atoms with van der Waals surface area (Å²) in [5.41, 5.74) is 8.90. The van der Waals surface area contributed by atoms with Crippen molar-refractivity contribution in [2.75, 3.05) is 7.05 Å². The topological polar surface area (TPSA) is 138 Å². The molecule has 0 fully saturated rings. The molecule has 9 heteroatoms. The third-order valence-electron chi connectivity index (χ3n) is 6.67. The molecule has 0 spiro atoms. The summed E-state index contributed by atoms with van der Waals surface area (Å²) < 4.78 is 16.0. The van der Waals surface area contributed by atoms with Crippen LogP contribution in [-0.2, 0) is 11.3 Å². The zero-order valence-electron chi connectivity index (χ0n) is 25.0. The zero-order chi connectivity index (χ0) is 32.1. The summed E-state index contributed by atoms with van der Waals surface area (Å²) in [6.45, 7) is 11.7. The van der Waals surface area contributed by atoms with Crippen LogP contribution in [0.3, 0.4) is 0 Å². The van der Waals surface area contributed by atoms with Gasteiger partial charge in [-0.2, -0.15) is 0 Å². The molecule has 0 aliphatic carbocycles. The van der Waals surface area contributed by atoms with E-state index in [2.05, 4.69) is 24.2 Å². The molecular formula is C34H42FN3O5. The summed E-state index contributed by atoms with van der Waals surface area (Å²) in [5, 5.41) is 32.6. The van der Waals surface area contributed by atoms with Crippen LogP contribution >= 0.6 is 0 Å². The van der Waals surface area contributed by atoms with Crippen molar-refractivity contribution in [2.24, 2.45) is 5.73 Å². The molecule has 230 valence electrons. The first-order chi connectivity index (χ1) is 20.6. The van der Waals surface area contributed by atoms with Crippen LogP contribution < -0.4 is 11.1 Å². The number of nitrogens with two attached hydrogens (primary N) is 1. The van der Waals surface area contributed by atoms with Gasteiger partial charge in [-0.25, -0.2) is 4.39 Å². The van der Waals surface area contributed by atoms with Crippen LogP contribution in [0.1, 0.15) is 55.1 Å². The predicted molar refractivity (Wildman–Crippen MR) is 169 cm³/mol. The monoisotopic (exact) mass is 591 g/mol. The SMILES string of the molecule is C=C/C=C(\C=C)NC(=O)c1c(-c2ccccc2)c(-c2ccc(F)cc2)n(CC[C@@H](O)C[C@@H](O)CC(=O)O)c1C(C)C.CN. The molecule has 8 nitrogen and oxygen atoms in total. The van der Waals surface area contributed by atoms with Crippen molar-refractivity contribution in [3.63, 3.8) is 0 Å². The second-order valence-corrected chi connectivity index (χ2v) is 10.1. The van der Waals surface area contributed by atoms with E-state index in [0.717, 1.165) is 5.56 Å². The van der Waals surface area contributed by atoms with Crippen LogP contribution in [0.4, 0.5) is 4.39 Å². The van der Waals surface area contributed by atoms with Crippen LogP contribution in [0, 0.1) is 5.82 Å².